The molecular formula is C15H14F2OS. The van der Waals surface area contributed by atoms with E-state index in [0.29, 0.717) is 11.3 Å². The molecule has 4 heteroatoms. The highest BCUT2D eigenvalue weighted by atomic mass is 32.2. The van der Waals surface area contributed by atoms with Gasteiger partial charge in [0.1, 0.15) is 11.6 Å². The smallest absolute Gasteiger partial charge is 0.129 e. The summed E-state index contributed by atoms with van der Waals surface area (Å²) in [6.07, 6.45) is -0.475. The maximum atomic E-state index is 13.4. The van der Waals surface area contributed by atoms with Crippen molar-refractivity contribution in [3.63, 3.8) is 0 Å². The molecule has 2 aromatic rings. The number of benzene rings is 2. The largest absolute Gasteiger partial charge is 0.392 e. The monoisotopic (exact) mass is 280 g/mol. The van der Waals surface area contributed by atoms with E-state index in [9.17, 15) is 13.9 Å². The number of aliphatic hydroxyl groups is 1. The fraction of sp³-hybridized carbons (Fsp3) is 0.200. The minimum absolute atomic E-state index is 0.186. The second-order valence-corrected chi connectivity index (χ2v) is 5.31. The number of thioether (sulfide) groups is 1. The number of halogens is 2. The van der Waals surface area contributed by atoms with Gasteiger partial charge in [0.15, 0.2) is 0 Å². The van der Waals surface area contributed by atoms with Crippen LogP contribution in [0.15, 0.2) is 53.4 Å². The summed E-state index contributed by atoms with van der Waals surface area (Å²) in [7, 11) is 0. The van der Waals surface area contributed by atoms with Crippen molar-refractivity contribution in [2.24, 2.45) is 0 Å². The first-order chi connectivity index (χ1) is 9.15. The van der Waals surface area contributed by atoms with Gasteiger partial charge in [0.25, 0.3) is 0 Å². The zero-order valence-electron chi connectivity index (χ0n) is 10.2. The number of aliphatic hydroxyl groups excluding tert-OH is 1. The molecule has 0 aliphatic carbocycles. The van der Waals surface area contributed by atoms with Gasteiger partial charge in [-0.15, -0.1) is 11.8 Å². The first-order valence-electron chi connectivity index (χ1n) is 5.95. The standard InChI is InChI=1S/C15H14F2OS/c16-12-7-6-11(15(17)9-12)8-13(18)10-19-14-4-2-1-3-5-14/h1-7,9,13,18H,8,10H2. The lowest BCUT2D eigenvalue weighted by molar-refractivity contribution is 0.198. The predicted molar refractivity (Wildman–Crippen MR) is 73.2 cm³/mol. The van der Waals surface area contributed by atoms with Crippen molar-refractivity contribution in [2.45, 2.75) is 17.4 Å². The summed E-state index contributed by atoms with van der Waals surface area (Å²) in [5, 5.41) is 9.88. The minimum Gasteiger partial charge on any atom is -0.392 e. The quantitative estimate of drug-likeness (QED) is 0.843. The zero-order chi connectivity index (χ0) is 13.7. The highest BCUT2D eigenvalue weighted by Gasteiger charge is 2.10. The molecule has 0 fully saturated rings. The Labute approximate surface area is 115 Å². The van der Waals surface area contributed by atoms with Crippen LogP contribution in [0.5, 0.6) is 0 Å². The number of hydrogen-bond acceptors (Lipinski definition) is 2. The van der Waals surface area contributed by atoms with E-state index in [1.54, 1.807) is 0 Å². The number of rotatable bonds is 5. The molecule has 2 aromatic carbocycles. The summed E-state index contributed by atoms with van der Waals surface area (Å²) in [6, 6.07) is 13.1. The summed E-state index contributed by atoms with van der Waals surface area (Å²) in [4.78, 5) is 1.06. The second-order valence-electron chi connectivity index (χ2n) is 4.22. The molecular weight excluding hydrogens is 266 g/mol. The van der Waals surface area contributed by atoms with Gasteiger partial charge >= 0.3 is 0 Å². The Morgan fingerprint density at radius 3 is 2.47 bits per heavy atom. The van der Waals surface area contributed by atoms with Crippen LogP contribution in [-0.2, 0) is 6.42 Å². The average Bonchev–Trinajstić information content (AvgIpc) is 2.41. The van der Waals surface area contributed by atoms with Crippen molar-refractivity contribution >= 4 is 11.8 Å². The van der Waals surface area contributed by atoms with E-state index < -0.39 is 17.7 Å². The lowest BCUT2D eigenvalue weighted by Gasteiger charge is -2.11. The van der Waals surface area contributed by atoms with Crippen LogP contribution in [0.1, 0.15) is 5.56 Å². The van der Waals surface area contributed by atoms with Gasteiger partial charge in [-0.05, 0) is 23.8 Å². The van der Waals surface area contributed by atoms with Crippen LogP contribution < -0.4 is 0 Å². The lowest BCUT2D eigenvalue weighted by atomic mass is 10.1. The van der Waals surface area contributed by atoms with Crippen LogP contribution in [0.25, 0.3) is 0 Å². The molecule has 1 atom stereocenters. The molecule has 2 rings (SSSR count). The van der Waals surface area contributed by atoms with Crippen LogP contribution in [0, 0.1) is 11.6 Å². The highest BCUT2D eigenvalue weighted by molar-refractivity contribution is 7.99. The lowest BCUT2D eigenvalue weighted by Crippen LogP contribution is -2.14. The summed E-state index contributed by atoms with van der Waals surface area (Å²) in [6.45, 7) is 0. The van der Waals surface area contributed by atoms with Gasteiger partial charge in [-0.25, -0.2) is 8.78 Å². The van der Waals surface area contributed by atoms with Gasteiger partial charge < -0.3 is 5.11 Å². The number of hydrogen-bond donors (Lipinski definition) is 1. The van der Waals surface area contributed by atoms with Gasteiger partial charge in [-0.3, -0.25) is 0 Å². The van der Waals surface area contributed by atoms with Crippen LogP contribution >= 0.6 is 11.8 Å². The molecule has 0 saturated carbocycles. The predicted octanol–water partition coefficient (Wildman–Crippen LogP) is 3.66. The molecule has 1 N–H and O–H groups in total. The molecule has 0 radical (unpaired) electrons. The summed E-state index contributed by atoms with van der Waals surface area (Å²) >= 11 is 1.51. The Hall–Kier alpha value is -1.39. The van der Waals surface area contributed by atoms with Gasteiger partial charge in [0.05, 0.1) is 6.10 Å². The molecule has 0 aliphatic rings. The van der Waals surface area contributed by atoms with Crippen molar-refractivity contribution in [1.29, 1.82) is 0 Å². The molecule has 1 nitrogen and oxygen atoms in total. The van der Waals surface area contributed by atoms with E-state index in [-0.39, 0.29) is 6.42 Å². The maximum absolute atomic E-state index is 13.4. The first kappa shape index (κ1) is 14.0. The SMILES string of the molecule is OC(CSc1ccccc1)Cc1ccc(F)cc1F. The van der Waals surface area contributed by atoms with Crippen molar-refractivity contribution < 1.29 is 13.9 Å². The Kier molecular flexibility index (Phi) is 4.93. The van der Waals surface area contributed by atoms with E-state index >= 15 is 0 Å². The van der Waals surface area contributed by atoms with E-state index in [0.717, 1.165) is 11.0 Å². The molecule has 0 amide bonds. The third-order valence-corrected chi connectivity index (χ3v) is 3.81. The Balaban J connectivity index is 1.89. The van der Waals surface area contributed by atoms with Crippen molar-refractivity contribution in [3.8, 4) is 0 Å². The third kappa shape index (κ3) is 4.33. The van der Waals surface area contributed by atoms with Crippen LogP contribution in [0.3, 0.4) is 0 Å². The first-order valence-corrected chi connectivity index (χ1v) is 6.93. The fourth-order valence-corrected chi connectivity index (χ4v) is 2.56. The molecule has 100 valence electrons. The Bertz CT molecular complexity index is 531. The second kappa shape index (κ2) is 6.68. The van der Waals surface area contributed by atoms with E-state index in [1.165, 1.54) is 23.9 Å². The van der Waals surface area contributed by atoms with Crippen molar-refractivity contribution in [3.05, 3.63) is 65.7 Å². The maximum Gasteiger partial charge on any atom is 0.129 e. The molecule has 0 saturated heterocycles. The molecule has 1 unspecified atom stereocenters. The topological polar surface area (TPSA) is 20.2 Å². The Morgan fingerprint density at radius 2 is 1.79 bits per heavy atom. The third-order valence-electron chi connectivity index (χ3n) is 2.66. The minimum atomic E-state index is -0.662. The van der Waals surface area contributed by atoms with Crippen LogP contribution in [0.4, 0.5) is 8.78 Å². The molecule has 0 bridgehead atoms. The van der Waals surface area contributed by atoms with Gasteiger partial charge in [-0.2, -0.15) is 0 Å². The summed E-state index contributed by atoms with van der Waals surface area (Å²) in [5.41, 5.74) is 0.336. The normalized spacial score (nSPS) is 12.4. The zero-order valence-corrected chi connectivity index (χ0v) is 11.0. The molecule has 0 heterocycles. The van der Waals surface area contributed by atoms with Gasteiger partial charge in [0.2, 0.25) is 0 Å². The average molecular weight is 280 g/mol. The van der Waals surface area contributed by atoms with Gasteiger partial charge in [0, 0.05) is 23.1 Å². The molecule has 0 aromatic heterocycles. The van der Waals surface area contributed by atoms with Crippen molar-refractivity contribution in [2.75, 3.05) is 5.75 Å². The van der Waals surface area contributed by atoms with Gasteiger partial charge in [-0.1, -0.05) is 24.3 Å². The van der Waals surface area contributed by atoms with Crippen LogP contribution in [-0.4, -0.2) is 17.0 Å². The highest BCUT2D eigenvalue weighted by Crippen LogP contribution is 2.20. The molecule has 19 heavy (non-hydrogen) atoms. The molecule has 0 spiro atoms. The van der Waals surface area contributed by atoms with E-state index in [2.05, 4.69) is 0 Å². The van der Waals surface area contributed by atoms with E-state index in [4.69, 9.17) is 0 Å². The summed E-state index contributed by atoms with van der Waals surface area (Å²) in [5.74, 6) is -0.737. The van der Waals surface area contributed by atoms with Crippen LogP contribution in [0.2, 0.25) is 0 Å². The van der Waals surface area contributed by atoms with Crippen molar-refractivity contribution in [1.82, 2.24) is 0 Å². The fourth-order valence-electron chi connectivity index (χ4n) is 1.71. The Morgan fingerprint density at radius 1 is 1.05 bits per heavy atom. The summed E-state index contributed by atoms with van der Waals surface area (Å²) < 4.78 is 26.2. The van der Waals surface area contributed by atoms with E-state index in [1.807, 2.05) is 30.3 Å². The molecule has 0 aliphatic heterocycles.